The first kappa shape index (κ1) is 15.4. The Bertz CT molecular complexity index is 631. The normalized spacial score (nSPS) is 23.6. The number of aromatic nitrogens is 1. The smallest absolute Gasteiger partial charge is 0.236 e. The molecule has 124 valence electrons. The van der Waals surface area contributed by atoms with Gasteiger partial charge >= 0.3 is 0 Å². The van der Waals surface area contributed by atoms with Crippen molar-refractivity contribution in [2.75, 3.05) is 26.2 Å². The molecule has 0 radical (unpaired) electrons. The number of likely N-dealkylation sites (tertiary alicyclic amines) is 2. The number of piperidine rings is 1. The third kappa shape index (κ3) is 3.37. The lowest BCUT2D eigenvalue weighted by atomic mass is 10.0. The highest BCUT2D eigenvalue weighted by atomic mass is 32.1. The first-order valence-electron chi connectivity index (χ1n) is 8.76. The molecule has 1 atom stereocenters. The van der Waals surface area contributed by atoms with Crippen molar-refractivity contribution in [2.24, 2.45) is 0 Å². The molecule has 2 saturated heterocycles. The lowest BCUT2D eigenvalue weighted by Crippen LogP contribution is -2.46. The van der Waals surface area contributed by atoms with Crippen LogP contribution in [0.25, 0.3) is 10.8 Å². The van der Waals surface area contributed by atoms with Crippen LogP contribution in [0.2, 0.25) is 0 Å². The van der Waals surface area contributed by atoms with Crippen molar-refractivity contribution in [2.45, 2.75) is 45.2 Å². The lowest BCUT2D eigenvalue weighted by Gasteiger charge is -2.37. The van der Waals surface area contributed by atoms with Crippen molar-refractivity contribution in [1.82, 2.24) is 14.8 Å². The van der Waals surface area contributed by atoms with Crippen molar-refractivity contribution in [3.8, 4) is 10.8 Å². The Morgan fingerprint density at radius 2 is 2.13 bits per heavy atom. The maximum atomic E-state index is 5.89. The lowest BCUT2D eigenvalue weighted by molar-refractivity contribution is 0.109. The summed E-state index contributed by atoms with van der Waals surface area (Å²) in [6.45, 7) is 7.92. The van der Waals surface area contributed by atoms with Crippen LogP contribution in [-0.4, -0.2) is 47.0 Å². The summed E-state index contributed by atoms with van der Waals surface area (Å²) in [5.74, 6) is 1.75. The molecule has 0 N–H and O–H groups in total. The van der Waals surface area contributed by atoms with E-state index in [1.165, 1.54) is 51.9 Å². The van der Waals surface area contributed by atoms with Gasteiger partial charge in [-0.3, -0.25) is 9.80 Å². The van der Waals surface area contributed by atoms with Crippen LogP contribution in [-0.2, 0) is 6.54 Å². The van der Waals surface area contributed by atoms with Crippen molar-refractivity contribution in [3.05, 3.63) is 29.0 Å². The van der Waals surface area contributed by atoms with Gasteiger partial charge in [-0.05, 0) is 63.7 Å². The molecule has 0 aliphatic carbocycles. The number of hydrogen-bond donors (Lipinski definition) is 0. The molecule has 2 fully saturated rings. The van der Waals surface area contributed by atoms with Gasteiger partial charge in [0.1, 0.15) is 5.76 Å². The fraction of sp³-hybridized carbons (Fsp3) is 0.611. The summed E-state index contributed by atoms with van der Waals surface area (Å²) >= 11 is 1.68. The molecule has 2 aliphatic rings. The monoisotopic (exact) mass is 331 g/mol. The van der Waals surface area contributed by atoms with Gasteiger partial charge in [-0.1, -0.05) is 6.07 Å². The maximum absolute atomic E-state index is 5.89. The second-order valence-corrected chi connectivity index (χ2v) is 7.72. The Kier molecular flexibility index (Phi) is 4.51. The molecule has 23 heavy (non-hydrogen) atoms. The van der Waals surface area contributed by atoms with Gasteiger partial charge in [0.05, 0.1) is 10.6 Å². The predicted octanol–water partition coefficient (Wildman–Crippen LogP) is 3.77. The van der Waals surface area contributed by atoms with E-state index in [9.17, 15) is 0 Å². The van der Waals surface area contributed by atoms with Gasteiger partial charge in [-0.2, -0.15) is 0 Å². The van der Waals surface area contributed by atoms with E-state index in [-0.39, 0.29) is 0 Å². The molecule has 2 aromatic rings. The number of hydrogen-bond acceptors (Lipinski definition) is 5. The summed E-state index contributed by atoms with van der Waals surface area (Å²) in [7, 11) is 0. The van der Waals surface area contributed by atoms with Gasteiger partial charge in [0, 0.05) is 19.1 Å². The molecule has 4 heterocycles. The van der Waals surface area contributed by atoms with E-state index in [1.807, 2.05) is 13.0 Å². The van der Waals surface area contributed by atoms with E-state index in [1.54, 1.807) is 11.3 Å². The van der Waals surface area contributed by atoms with Gasteiger partial charge < -0.3 is 4.42 Å². The summed E-state index contributed by atoms with van der Waals surface area (Å²) < 4.78 is 5.89. The van der Waals surface area contributed by atoms with Crippen molar-refractivity contribution in [3.63, 3.8) is 0 Å². The predicted molar refractivity (Wildman–Crippen MR) is 93.7 cm³/mol. The standard InChI is InChI=1S/C18H25N3OS/c1-14-16(19-18(22-14)17-7-5-11-23-17)13-20-8-4-6-15(12-20)21-9-2-3-10-21/h5,7,11,15H,2-4,6,8-10,12-13H2,1H3. The highest BCUT2D eigenvalue weighted by Gasteiger charge is 2.27. The number of aryl methyl sites for hydroxylation is 1. The minimum absolute atomic E-state index is 0.746. The van der Waals surface area contributed by atoms with Gasteiger partial charge in [0.2, 0.25) is 5.89 Å². The molecule has 4 rings (SSSR count). The molecule has 2 aliphatic heterocycles. The van der Waals surface area contributed by atoms with Crippen LogP contribution in [0, 0.1) is 6.92 Å². The van der Waals surface area contributed by atoms with E-state index >= 15 is 0 Å². The number of rotatable bonds is 4. The van der Waals surface area contributed by atoms with E-state index < -0.39 is 0 Å². The first-order valence-corrected chi connectivity index (χ1v) is 9.64. The number of oxazole rings is 1. The molecular formula is C18H25N3OS. The number of nitrogens with zero attached hydrogens (tertiary/aromatic N) is 3. The third-order valence-electron chi connectivity index (χ3n) is 5.14. The summed E-state index contributed by atoms with van der Waals surface area (Å²) in [6, 6.07) is 4.87. The molecule has 0 amide bonds. The Morgan fingerprint density at radius 1 is 1.26 bits per heavy atom. The molecule has 1 unspecified atom stereocenters. The highest BCUT2D eigenvalue weighted by molar-refractivity contribution is 7.13. The zero-order valence-electron chi connectivity index (χ0n) is 13.8. The summed E-state index contributed by atoms with van der Waals surface area (Å²) in [6.07, 6.45) is 5.41. The summed E-state index contributed by atoms with van der Waals surface area (Å²) in [4.78, 5) is 11.1. The Hall–Kier alpha value is -1.17. The largest absolute Gasteiger partial charge is 0.440 e. The fourth-order valence-electron chi connectivity index (χ4n) is 3.87. The van der Waals surface area contributed by atoms with E-state index in [4.69, 9.17) is 9.40 Å². The van der Waals surface area contributed by atoms with Crippen LogP contribution in [0.5, 0.6) is 0 Å². The van der Waals surface area contributed by atoms with E-state index in [2.05, 4.69) is 21.2 Å². The minimum atomic E-state index is 0.746. The Labute approximate surface area is 142 Å². The molecular weight excluding hydrogens is 306 g/mol. The topological polar surface area (TPSA) is 32.5 Å². The van der Waals surface area contributed by atoms with Gasteiger partial charge in [0.25, 0.3) is 0 Å². The van der Waals surface area contributed by atoms with Gasteiger partial charge in [-0.25, -0.2) is 4.98 Å². The molecule has 0 spiro atoms. The number of thiophene rings is 1. The van der Waals surface area contributed by atoms with Crippen LogP contribution in [0.15, 0.2) is 21.9 Å². The van der Waals surface area contributed by atoms with Crippen molar-refractivity contribution >= 4 is 11.3 Å². The zero-order valence-corrected chi connectivity index (χ0v) is 14.6. The quantitative estimate of drug-likeness (QED) is 0.854. The Balaban J connectivity index is 1.43. The van der Waals surface area contributed by atoms with E-state index in [0.717, 1.165) is 34.8 Å². The van der Waals surface area contributed by atoms with Crippen LogP contribution in [0.1, 0.15) is 37.1 Å². The summed E-state index contributed by atoms with van der Waals surface area (Å²) in [5.41, 5.74) is 1.11. The second kappa shape index (κ2) is 6.75. The Morgan fingerprint density at radius 3 is 2.91 bits per heavy atom. The van der Waals surface area contributed by atoms with Crippen molar-refractivity contribution in [1.29, 1.82) is 0 Å². The SMILES string of the molecule is Cc1oc(-c2cccs2)nc1CN1CCCC(N2CCCC2)C1. The molecule has 4 nitrogen and oxygen atoms in total. The molecule has 0 aromatic carbocycles. The van der Waals surface area contributed by atoms with E-state index in [0.29, 0.717) is 0 Å². The van der Waals surface area contributed by atoms with Crippen LogP contribution >= 0.6 is 11.3 Å². The third-order valence-corrected chi connectivity index (χ3v) is 5.99. The summed E-state index contributed by atoms with van der Waals surface area (Å²) in [5, 5.41) is 2.07. The highest BCUT2D eigenvalue weighted by Crippen LogP contribution is 2.27. The zero-order chi connectivity index (χ0) is 15.6. The average molecular weight is 331 g/mol. The van der Waals surface area contributed by atoms with Crippen LogP contribution in [0.4, 0.5) is 0 Å². The minimum Gasteiger partial charge on any atom is -0.440 e. The molecule has 2 aromatic heterocycles. The van der Waals surface area contributed by atoms with Gasteiger partial charge in [-0.15, -0.1) is 11.3 Å². The van der Waals surface area contributed by atoms with Crippen molar-refractivity contribution < 1.29 is 4.42 Å². The first-order chi connectivity index (χ1) is 11.3. The van der Waals surface area contributed by atoms with Crippen LogP contribution in [0.3, 0.4) is 0 Å². The van der Waals surface area contributed by atoms with Crippen LogP contribution < -0.4 is 0 Å². The molecule has 5 heteroatoms. The molecule has 0 saturated carbocycles. The second-order valence-electron chi connectivity index (χ2n) is 6.77. The fourth-order valence-corrected chi connectivity index (χ4v) is 4.52. The average Bonchev–Trinajstić information content (AvgIpc) is 3.30. The molecule has 0 bridgehead atoms. The van der Waals surface area contributed by atoms with Gasteiger partial charge in [0.15, 0.2) is 0 Å². The maximum Gasteiger partial charge on any atom is 0.236 e.